The minimum absolute atomic E-state index is 0.104. The summed E-state index contributed by atoms with van der Waals surface area (Å²) in [6.07, 6.45) is 12.0. The van der Waals surface area contributed by atoms with Crippen molar-refractivity contribution in [2.24, 2.45) is 7.05 Å². The van der Waals surface area contributed by atoms with Crippen LogP contribution in [0.15, 0.2) is 79.5 Å². The number of benzene rings is 1. The molecule has 4 aromatic rings. The molecule has 0 aliphatic carbocycles. The minimum Gasteiger partial charge on any atom is -0.289 e. The average molecular weight is 355 g/mol. The fourth-order valence-corrected chi connectivity index (χ4v) is 2.76. The lowest BCUT2D eigenvalue weighted by atomic mass is 10.1. The van der Waals surface area contributed by atoms with Gasteiger partial charge in [-0.1, -0.05) is 18.2 Å². The zero-order valence-electron chi connectivity index (χ0n) is 14.7. The van der Waals surface area contributed by atoms with Crippen molar-refractivity contribution in [3.05, 3.63) is 90.7 Å². The van der Waals surface area contributed by atoms with Gasteiger partial charge in [0.15, 0.2) is 5.78 Å². The van der Waals surface area contributed by atoms with Crippen molar-refractivity contribution in [1.29, 1.82) is 0 Å². The number of para-hydroxylation sites is 1. The maximum Gasteiger partial charge on any atom is 0.189 e. The van der Waals surface area contributed by atoms with Gasteiger partial charge < -0.3 is 0 Å². The van der Waals surface area contributed by atoms with Gasteiger partial charge >= 0.3 is 0 Å². The molecule has 0 radical (unpaired) electrons. The molecule has 3 aromatic heterocycles. The second kappa shape index (κ2) is 7.21. The average Bonchev–Trinajstić information content (AvgIpc) is 3.34. The molecule has 6 heteroatoms. The first-order chi connectivity index (χ1) is 13.2. The summed E-state index contributed by atoms with van der Waals surface area (Å²) in [7, 11) is 1.78. The van der Waals surface area contributed by atoms with Gasteiger partial charge in [-0.25, -0.2) is 4.68 Å². The van der Waals surface area contributed by atoms with Crippen LogP contribution in [0.25, 0.3) is 23.0 Å². The summed E-state index contributed by atoms with van der Waals surface area (Å²) in [6.45, 7) is 0. The van der Waals surface area contributed by atoms with Gasteiger partial charge in [-0.05, 0) is 36.4 Å². The number of pyridine rings is 1. The lowest BCUT2D eigenvalue weighted by molar-refractivity contribution is 0.104. The van der Waals surface area contributed by atoms with Crippen molar-refractivity contribution >= 4 is 11.9 Å². The molecule has 0 saturated heterocycles. The van der Waals surface area contributed by atoms with Crippen LogP contribution in [0, 0.1) is 0 Å². The van der Waals surface area contributed by atoms with Gasteiger partial charge in [-0.2, -0.15) is 10.2 Å². The van der Waals surface area contributed by atoms with Gasteiger partial charge in [0, 0.05) is 43.0 Å². The first-order valence-corrected chi connectivity index (χ1v) is 8.47. The molecule has 6 nitrogen and oxygen atoms in total. The van der Waals surface area contributed by atoms with Crippen LogP contribution < -0.4 is 0 Å². The van der Waals surface area contributed by atoms with Gasteiger partial charge in [-0.15, -0.1) is 0 Å². The lowest BCUT2D eigenvalue weighted by Gasteiger charge is -1.99. The molecule has 0 spiro atoms. The fourth-order valence-electron chi connectivity index (χ4n) is 2.76. The lowest BCUT2D eigenvalue weighted by Crippen LogP contribution is -1.94. The third-order valence-corrected chi connectivity index (χ3v) is 4.10. The van der Waals surface area contributed by atoms with Crippen LogP contribution in [-0.2, 0) is 7.05 Å². The zero-order valence-corrected chi connectivity index (χ0v) is 14.7. The van der Waals surface area contributed by atoms with Gasteiger partial charge in [-0.3, -0.25) is 14.5 Å². The zero-order chi connectivity index (χ0) is 18.6. The standard InChI is InChI=1S/C21H17N5O/c1-25-14-18(13-23-25)20(27)10-9-17-15-26(19-7-3-2-4-8-19)24-21(17)16-6-5-11-22-12-16/h2-15H,1H3/b10-9+. The van der Waals surface area contributed by atoms with Gasteiger partial charge in [0.25, 0.3) is 0 Å². The summed E-state index contributed by atoms with van der Waals surface area (Å²) in [5.74, 6) is -0.104. The van der Waals surface area contributed by atoms with E-state index in [1.165, 1.54) is 0 Å². The van der Waals surface area contributed by atoms with E-state index in [4.69, 9.17) is 5.10 Å². The van der Waals surface area contributed by atoms with E-state index < -0.39 is 0 Å². The van der Waals surface area contributed by atoms with Crippen molar-refractivity contribution in [1.82, 2.24) is 24.5 Å². The molecule has 0 fully saturated rings. The Bertz CT molecular complexity index is 1090. The molecular formula is C21H17N5O. The molecule has 0 aliphatic rings. The molecule has 0 bridgehead atoms. The summed E-state index contributed by atoms with van der Waals surface area (Å²) in [5, 5.41) is 8.74. The van der Waals surface area contributed by atoms with Crippen LogP contribution in [0.5, 0.6) is 0 Å². The molecule has 132 valence electrons. The Labute approximate surface area is 156 Å². The summed E-state index contributed by atoms with van der Waals surface area (Å²) < 4.78 is 3.41. The molecule has 0 amide bonds. The quantitative estimate of drug-likeness (QED) is 0.405. The molecule has 0 atom stereocenters. The molecule has 4 rings (SSSR count). The highest BCUT2D eigenvalue weighted by atomic mass is 16.1. The van der Waals surface area contributed by atoms with E-state index in [9.17, 15) is 4.79 Å². The third-order valence-electron chi connectivity index (χ3n) is 4.10. The summed E-state index contributed by atoms with van der Waals surface area (Å²) in [6, 6.07) is 13.7. The SMILES string of the molecule is Cn1cc(C(=O)/C=C/c2cn(-c3ccccc3)nc2-c2cccnc2)cn1. The normalized spacial score (nSPS) is 11.1. The van der Waals surface area contributed by atoms with Gasteiger partial charge in [0.2, 0.25) is 0 Å². The van der Waals surface area contributed by atoms with Crippen molar-refractivity contribution in [2.45, 2.75) is 0 Å². The fraction of sp³-hybridized carbons (Fsp3) is 0.0476. The summed E-state index contributed by atoms with van der Waals surface area (Å²) in [5.41, 5.74) is 3.99. The molecular weight excluding hydrogens is 338 g/mol. The van der Waals surface area contributed by atoms with Crippen molar-refractivity contribution < 1.29 is 4.79 Å². The van der Waals surface area contributed by atoms with Crippen LogP contribution in [0.4, 0.5) is 0 Å². The smallest absolute Gasteiger partial charge is 0.189 e. The number of hydrogen-bond acceptors (Lipinski definition) is 4. The van der Waals surface area contributed by atoms with Gasteiger partial charge in [0.1, 0.15) is 5.69 Å². The highest BCUT2D eigenvalue weighted by Crippen LogP contribution is 2.24. The Hall–Kier alpha value is -3.80. The Kier molecular flexibility index (Phi) is 4.45. The van der Waals surface area contributed by atoms with Crippen LogP contribution in [0.2, 0.25) is 0 Å². The molecule has 0 aliphatic heterocycles. The molecule has 27 heavy (non-hydrogen) atoms. The van der Waals surface area contributed by atoms with E-state index in [1.807, 2.05) is 48.7 Å². The van der Waals surface area contributed by atoms with Crippen LogP contribution in [0.3, 0.4) is 0 Å². The molecule has 0 saturated carbocycles. The predicted molar refractivity (Wildman–Crippen MR) is 103 cm³/mol. The van der Waals surface area contributed by atoms with E-state index in [2.05, 4.69) is 10.1 Å². The largest absolute Gasteiger partial charge is 0.289 e. The summed E-state index contributed by atoms with van der Waals surface area (Å²) in [4.78, 5) is 16.6. The number of aryl methyl sites for hydroxylation is 1. The Morgan fingerprint density at radius 3 is 2.59 bits per heavy atom. The monoisotopic (exact) mass is 355 g/mol. The number of carbonyl (C=O) groups is 1. The van der Waals surface area contributed by atoms with E-state index >= 15 is 0 Å². The van der Waals surface area contributed by atoms with Gasteiger partial charge in [0.05, 0.1) is 17.4 Å². The maximum atomic E-state index is 12.4. The van der Waals surface area contributed by atoms with Crippen LogP contribution >= 0.6 is 0 Å². The summed E-state index contributed by atoms with van der Waals surface area (Å²) >= 11 is 0. The Morgan fingerprint density at radius 1 is 1.04 bits per heavy atom. The number of hydrogen-bond donors (Lipinski definition) is 0. The topological polar surface area (TPSA) is 65.6 Å². The van der Waals surface area contributed by atoms with E-state index in [-0.39, 0.29) is 5.78 Å². The van der Waals surface area contributed by atoms with Crippen LogP contribution in [0.1, 0.15) is 15.9 Å². The molecule has 3 heterocycles. The Balaban J connectivity index is 1.73. The number of carbonyl (C=O) groups excluding carboxylic acids is 1. The van der Waals surface area contributed by atoms with Crippen molar-refractivity contribution in [2.75, 3.05) is 0 Å². The molecule has 0 unspecified atom stereocenters. The highest BCUT2D eigenvalue weighted by Gasteiger charge is 2.11. The number of aromatic nitrogens is 5. The number of ketones is 1. The minimum atomic E-state index is -0.104. The third kappa shape index (κ3) is 3.59. The molecule has 1 aromatic carbocycles. The number of nitrogens with zero attached hydrogens (tertiary/aromatic N) is 5. The predicted octanol–water partition coefficient (Wildman–Crippen LogP) is 3.56. The Morgan fingerprint density at radius 2 is 1.89 bits per heavy atom. The second-order valence-corrected chi connectivity index (χ2v) is 6.06. The number of rotatable bonds is 5. The maximum absolute atomic E-state index is 12.4. The van der Waals surface area contributed by atoms with E-state index in [0.717, 1.165) is 22.5 Å². The van der Waals surface area contributed by atoms with E-state index in [1.54, 1.807) is 53.4 Å². The second-order valence-electron chi connectivity index (χ2n) is 6.06. The number of allylic oxidation sites excluding steroid dienone is 1. The first kappa shape index (κ1) is 16.7. The van der Waals surface area contributed by atoms with Crippen LogP contribution in [-0.4, -0.2) is 30.3 Å². The van der Waals surface area contributed by atoms with E-state index in [0.29, 0.717) is 5.56 Å². The highest BCUT2D eigenvalue weighted by molar-refractivity contribution is 6.06. The first-order valence-electron chi connectivity index (χ1n) is 8.47. The van der Waals surface area contributed by atoms with Crippen molar-refractivity contribution in [3.8, 4) is 16.9 Å². The van der Waals surface area contributed by atoms with Crippen molar-refractivity contribution in [3.63, 3.8) is 0 Å². The molecule has 0 N–H and O–H groups in total.